The van der Waals surface area contributed by atoms with Crippen LogP contribution in [0.1, 0.15) is 16.9 Å². The number of aromatic nitrogens is 2. The third-order valence-corrected chi connectivity index (χ3v) is 3.56. The molecule has 0 spiro atoms. The Balaban J connectivity index is 1.47. The van der Waals surface area contributed by atoms with Crippen LogP contribution in [0.5, 0.6) is 5.75 Å². The summed E-state index contributed by atoms with van der Waals surface area (Å²) in [5.41, 5.74) is 3.20. The molecule has 0 saturated heterocycles. The van der Waals surface area contributed by atoms with Crippen molar-refractivity contribution >= 4 is 0 Å². The van der Waals surface area contributed by atoms with Crippen molar-refractivity contribution in [3.63, 3.8) is 0 Å². The van der Waals surface area contributed by atoms with Crippen LogP contribution in [-0.2, 0) is 6.54 Å². The van der Waals surface area contributed by atoms with E-state index in [2.05, 4.69) is 28.5 Å². The van der Waals surface area contributed by atoms with Crippen LogP contribution in [-0.4, -0.2) is 23.3 Å². The van der Waals surface area contributed by atoms with Gasteiger partial charge in [-0.25, -0.2) is 0 Å². The number of aryl methyl sites for hydroxylation is 2. The Hall–Kier alpha value is -2.53. The highest BCUT2D eigenvalue weighted by Crippen LogP contribution is 2.23. The second-order valence-electron chi connectivity index (χ2n) is 5.52. The molecule has 0 aliphatic heterocycles. The first-order valence-electron chi connectivity index (χ1n) is 7.71. The first-order valence-corrected chi connectivity index (χ1v) is 7.71. The van der Waals surface area contributed by atoms with Crippen molar-refractivity contribution in [1.82, 2.24) is 15.5 Å². The SMILES string of the molecule is Cc1cccc(OCCNCc2cn[nH]c2-c2ccc(C)o2)c1. The highest BCUT2D eigenvalue weighted by atomic mass is 16.5. The standard InChI is InChI=1S/C18H21N3O2/c1-13-4-3-5-16(10-13)22-9-8-19-11-15-12-20-21-18(15)17-7-6-14(2)23-17/h3-7,10,12,19H,8-9,11H2,1-2H3,(H,20,21). The minimum Gasteiger partial charge on any atom is -0.492 e. The van der Waals surface area contributed by atoms with Crippen LogP contribution in [0.2, 0.25) is 0 Å². The highest BCUT2D eigenvalue weighted by molar-refractivity contribution is 5.56. The van der Waals surface area contributed by atoms with Crippen molar-refractivity contribution < 1.29 is 9.15 Å². The zero-order valence-electron chi connectivity index (χ0n) is 13.4. The maximum Gasteiger partial charge on any atom is 0.152 e. The molecular formula is C18H21N3O2. The number of H-pyrrole nitrogens is 1. The van der Waals surface area contributed by atoms with Crippen LogP contribution in [0.15, 0.2) is 47.0 Å². The van der Waals surface area contributed by atoms with Crippen LogP contribution >= 0.6 is 0 Å². The monoisotopic (exact) mass is 311 g/mol. The second-order valence-corrected chi connectivity index (χ2v) is 5.52. The van der Waals surface area contributed by atoms with Gasteiger partial charge in [-0.1, -0.05) is 12.1 Å². The molecule has 0 amide bonds. The summed E-state index contributed by atoms with van der Waals surface area (Å²) in [7, 11) is 0. The average molecular weight is 311 g/mol. The molecule has 3 rings (SSSR count). The summed E-state index contributed by atoms with van der Waals surface area (Å²) in [4.78, 5) is 0. The lowest BCUT2D eigenvalue weighted by molar-refractivity contribution is 0.313. The van der Waals surface area contributed by atoms with Gasteiger partial charge in [0.1, 0.15) is 23.8 Å². The fourth-order valence-corrected chi connectivity index (χ4v) is 2.40. The summed E-state index contributed by atoms with van der Waals surface area (Å²) in [5, 5.41) is 10.5. The Morgan fingerprint density at radius 1 is 1.22 bits per heavy atom. The molecular weight excluding hydrogens is 290 g/mol. The fraction of sp³-hybridized carbons (Fsp3) is 0.278. The van der Waals surface area contributed by atoms with Gasteiger partial charge in [-0.15, -0.1) is 0 Å². The molecule has 1 aromatic carbocycles. The van der Waals surface area contributed by atoms with E-state index in [1.165, 1.54) is 5.56 Å². The minimum atomic E-state index is 0.622. The minimum absolute atomic E-state index is 0.622. The Morgan fingerprint density at radius 3 is 2.91 bits per heavy atom. The predicted octanol–water partition coefficient (Wildman–Crippen LogP) is 3.46. The maximum absolute atomic E-state index is 5.72. The van der Waals surface area contributed by atoms with Crippen molar-refractivity contribution in [2.45, 2.75) is 20.4 Å². The van der Waals surface area contributed by atoms with E-state index in [4.69, 9.17) is 9.15 Å². The molecule has 0 unspecified atom stereocenters. The zero-order chi connectivity index (χ0) is 16.1. The zero-order valence-corrected chi connectivity index (χ0v) is 13.4. The molecule has 2 aromatic heterocycles. The van der Waals surface area contributed by atoms with Gasteiger partial charge in [-0.3, -0.25) is 5.10 Å². The number of hydrogen-bond acceptors (Lipinski definition) is 4. The van der Waals surface area contributed by atoms with Gasteiger partial charge in [-0.2, -0.15) is 5.10 Å². The number of aromatic amines is 1. The molecule has 0 radical (unpaired) electrons. The Bertz CT molecular complexity index is 761. The normalized spacial score (nSPS) is 10.9. The molecule has 5 heteroatoms. The van der Waals surface area contributed by atoms with E-state index < -0.39 is 0 Å². The number of benzene rings is 1. The van der Waals surface area contributed by atoms with Crippen molar-refractivity contribution in [1.29, 1.82) is 0 Å². The number of nitrogens with zero attached hydrogens (tertiary/aromatic N) is 1. The van der Waals surface area contributed by atoms with Gasteiger partial charge in [0.25, 0.3) is 0 Å². The molecule has 23 heavy (non-hydrogen) atoms. The number of rotatable bonds is 7. The fourth-order valence-electron chi connectivity index (χ4n) is 2.40. The van der Waals surface area contributed by atoms with Gasteiger partial charge in [0.15, 0.2) is 5.76 Å². The summed E-state index contributed by atoms with van der Waals surface area (Å²) in [6, 6.07) is 12.0. The largest absolute Gasteiger partial charge is 0.492 e. The number of nitrogens with one attached hydrogen (secondary N) is 2. The number of hydrogen-bond donors (Lipinski definition) is 2. The second kappa shape index (κ2) is 7.15. The summed E-state index contributed by atoms with van der Waals surface area (Å²) in [6.07, 6.45) is 1.82. The Labute approximate surface area is 135 Å². The van der Waals surface area contributed by atoms with E-state index >= 15 is 0 Å². The average Bonchev–Trinajstić information content (AvgIpc) is 3.15. The molecule has 2 N–H and O–H groups in total. The highest BCUT2D eigenvalue weighted by Gasteiger charge is 2.10. The smallest absolute Gasteiger partial charge is 0.152 e. The van der Waals surface area contributed by atoms with Crippen molar-refractivity contribution in [3.8, 4) is 17.2 Å². The molecule has 2 heterocycles. The molecule has 0 fully saturated rings. The number of furan rings is 1. The van der Waals surface area contributed by atoms with Crippen molar-refractivity contribution in [3.05, 3.63) is 59.5 Å². The third-order valence-electron chi connectivity index (χ3n) is 3.56. The summed E-state index contributed by atoms with van der Waals surface area (Å²) in [6.45, 7) is 6.08. The van der Waals surface area contributed by atoms with E-state index in [1.807, 2.05) is 43.5 Å². The van der Waals surface area contributed by atoms with E-state index in [0.717, 1.165) is 35.1 Å². The van der Waals surface area contributed by atoms with Gasteiger partial charge in [0.05, 0.1) is 6.20 Å². The lowest BCUT2D eigenvalue weighted by atomic mass is 10.2. The van der Waals surface area contributed by atoms with Crippen LogP contribution in [0.3, 0.4) is 0 Å². The number of ether oxygens (including phenoxy) is 1. The Morgan fingerprint density at radius 2 is 2.13 bits per heavy atom. The van der Waals surface area contributed by atoms with Crippen LogP contribution in [0.25, 0.3) is 11.5 Å². The van der Waals surface area contributed by atoms with E-state index in [-0.39, 0.29) is 0 Å². The van der Waals surface area contributed by atoms with Crippen molar-refractivity contribution in [2.75, 3.05) is 13.2 Å². The van der Waals surface area contributed by atoms with E-state index in [9.17, 15) is 0 Å². The molecule has 0 aliphatic carbocycles. The lowest BCUT2D eigenvalue weighted by Gasteiger charge is -2.08. The van der Waals surface area contributed by atoms with Gasteiger partial charge in [-0.05, 0) is 43.7 Å². The molecule has 3 aromatic rings. The maximum atomic E-state index is 5.72. The molecule has 0 bridgehead atoms. The molecule has 120 valence electrons. The van der Waals surface area contributed by atoms with Gasteiger partial charge in [0, 0.05) is 18.7 Å². The summed E-state index contributed by atoms with van der Waals surface area (Å²) in [5.74, 6) is 2.61. The summed E-state index contributed by atoms with van der Waals surface area (Å²) < 4.78 is 11.4. The van der Waals surface area contributed by atoms with Gasteiger partial charge < -0.3 is 14.5 Å². The van der Waals surface area contributed by atoms with Gasteiger partial charge >= 0.3 is 0 Å². The van der Waals surface area contributed by atoms with E-state index in [0.29, 0.717) is 13.2 Å². The van der Waals surface area contributed by atoms with Crippen LogP contribution in [0, 0.1) is 13.8 Å². The quantitative estimate of drug-likeness (QED) is 0.656. The third kappa shape index (κ3) is 4.02. The van der Waals surface area contributed by atoms with Crippen molar-refractivity contribution in [2.24, 2.45) is 0 Å². The molecule has 0 aliphatic rings. The summed E-state index contributed by atoms with van der Waals surface area (Å²) >= 11 is 0. The van der Waals surface area contributed by atoms with E-state index in [1.54, 1.807) is 0 Å². The lowest BCUT2D eigenvalue weighted by Crippen LogP contribution is -2.20. The van der Waals surface area contributed by atoms with Gasteiger partial charge in [0.2, 0.25) is 0 Å². The molecule has 0 saturated carbocycles. The topological polar surface area (TPSA) is 63.1 Å². The van der Waals surface area contributed by atoms with Crippen LogP contribution in [0.4, 0.5) is 0 Å². The molecule has 0 atom stereocenters. The Kier molecular flexibility index (Phi) is 4.78. The first kappa shape index (κ1) is 15.4. The predicted molar refractivity (Wildman–Crippen MR) is 89.4 cm³/mol. The van der Waals surface area contributed by atoms with Crippen LogP contribution < -0.4 is 10.1 Å². The molecule has 5 nitrogen and oxygen atoms in total. The first-order chi connectivity index (χ1) is 11.2.